The van der Waals surface area contributed by atoms with Gasteiger partial charge >= 0.3 is 5.97 Å². The van der Waals surface area contributed by atoms with E-state index in [1.807, 2.05) is 6.92 Å². The van der Waals surface area contributed by atoms with Crippen molar-refractivity contribution in [3.63, 3.8) is 0 Å². The molecule has 0 spiro atoms. The first-order valence-corrected chi connectivity index (χ1v) is 6.06. The van der Waals surface area contributed by atoms with Gasteiger partial charge in [-0.15, -0.1) is 0 Å². The molecule has 0 radical (unpaired) electrons. The van der Waals surface area contributed by atoms with Gasteiger partial charge in [-0.3, -0.25) is 4.79 Å². The van der Waals surface area contributed by atoms with Crippen LogP contribution in [0.1, 0.15) is 52.9 Å². The molecule has 94 valence electrons. The number of hydrogen-bond donors (Lipinski definition) is 1. The van der Waals surface area contributed by atoms with E-state index in [-0.39, 0.29) is 5.91 Å². The number of aliphatic carboxylic acids is 1. The van der Waals surface area contributed by atoms with Crippen LogP contribution in [0.4, 0.5) is 0 Å². The van der Waals surface area contributed by atoms with Gasteiger partial charge in [-0.2, -0.15) is 0 Å². The Labute approximate surface area is 97.6 Å². The Hall–Kier alpha value is -1.06. The lowest BCUT2D eigenvalue weighted by Crippen LogP contribution is -2.42. The Balaban J connectivity index is 4.06. The first-order valence-electron chi connectivity index (χ1n) is 6.06. The molecule has 0 unspecified atom stereocenters. The summed E-state index contributed by atoms with van der Waals surface area (Å²) in [5.74, 6) is -0.989. The van der Waals surface area contributed by atoms with Crippen molar-refractivity contribution in [2.75, 3.05) is 6.54 Å². The molecule has 4 nitrogen and oxygen atoms in total. The van der Waals surface area contributed by atoms with Gasteiger partial charge in [0.2, 0.25) is 5.91 Å². The smallest absolute Gasteiger partial charge is 0.326 e. The van der Waals surface area contributed by atoms with Gasteiger partial charge in [0.1, 0.15) is 6.04 Å². The zero-order valence-electron chi connectivity index (χ0n) is 10.5. The molecule has 0 bridgehead atoms. The molecule has 0 aromatic carbocycles. The van der Waals surface area contributed by atoms with Gasteiger partial charge in [-0.1, -0.05) is 26.2 Å². The molecule has 0 aliphatic carbocycles. The molecule has 0 rings (SSSR count). The number of carbonyl (C=O) groups is 2. The van der Waals surface area contributed by atoms with Gasteiger partial charge in [-0.05, 0) is 20.3 Å². The SMILES string of the molecule is CCCCCCC(=O)N(CC)[C@@H](C)C(=O)O. The van der Waals surface area contributed by atoms with Crippen LogP contribution in [0.15, 0.2) is 0 Å². The van der Waals surface area contributed by atoms with Crippen molar-refractivity contribution < 1.29 is 14.7 Å². The van der Waals surface area contributed by atoms with E-state index in [2.05, 4.69) is 6.92 Å². The van der Waals surface area contributed by atoms with E-state index in [1.165, 1.54) is 4.90 Å². The number of unbranched alkanes of at least 4 members (excludes halogenated alkanes) is 3. The molecule has 1 atom stereocenters. The standard InChI is InChI=1S/C12H23NO3/c1-4-6-7-8-9-11(14)13(5-2)10(3)12(15)16/h10H,4-9H2,1-3H3,(H,15,16)/t10-/m0/s1. The lowest BCUT2D eigenvalue weighted by molar-refractivity contribution is -0.149. The van der Waals surface area contributed by atoms with Crippen molar-refractivity contribution in [3.8, 4) is 0 Å². The van der Waals surface area contributed by atoms with Crippen LogP contribution in [-0.2, 0) is 9.59 Å². The van der Waals surface area contributed by atoms with E-state index in [4.69, 9.17) is 5.11 Å². The van der Waals surface area contributed by atoms with Crippen molar-refractivity contribution in [1.82, 2.24) is 4.90 Å². The number of likely N-dealkylation sites (N-methyl/N-ethyl adjacent to an activating group) is 1. The Morgan fingerprint density at radius 3 is 2.25 bits per heavy atom. The monoisotopic (exact) mass is 229 g/mol. The fraction of sp³-hybridized carbons (Fsp3) is 0.833. The maximum absolute atomic E-state index is 11.7. The van der Waals surface area contributed by atoms with E-state index in [0.717, 1.165) is 25.7 Å². The first kappa shape index (κ1) is 14.9. The number of carboxylic acids is 1. The summed E-state index contributed by atoms with van der Waals surface area (Å²) in [6, 6.07) is -0.719. The van der Waals surface area contributed by atoms with Crippen molar-refractivity contribution in [2.24, 2.45) is 0 Å². The van der Waals surface area contributed by atoms with Crippen molar-refractivity contribution in [3.05, 3.63) is 0 Å². The summed E-state index contributed by atoms with van der Waals surface area (Å²) < 4.78 is 0. The summed E-state index contributed by atoms with van der Waals surface area (Å²) >= 11 is 0. The van der Waals surface area contributed by atoms with E-state index < -0.39 is 12.0 Å². The summed E-state index contributed by atoms with van der Waals surface area (Å²) in [6.45, 7) is 5.94. The predicted molar refractivity (Wildman–Crippen MR) is 63.2 cm³/mol. The van der Waals surface area contributed by atoms with Crippen LogP contribution >= 0.6 is 0 Å². The lowest BCUT2D eigenvalue weighted by Gasteiger charge is -2.24. The number of carbonyl (C=O) groups excluding carboxylic acids is 1. The van der Waals surface area contributed by atoms with Crippen LogP contribution in [0.5, 0.6) is 0 Å². The quantitative estimate of drug-likeness (QED) is 0.650. The highest BCUT2D eigenvalue weighted by Crippen LogP contribution is 2.08. The highest BCUT2D eigenvalue weighted by atomic mass is 16.4. The fourth-order valence-corrected chi connectivity index (χ4v) is 1.65. The predicted octanol–water partition coefficient (Wildman–Crippen LogP) is 2.28. The molecular formula is C12H23NO3. The Morgan fingerprint density at radius 1 is 1.19 bits per heavy atom. The second-order valence-corrected chi connectivity index (χ2v) is 4.00. The molecule has 0 aromatic heterocycles. The van der Waals surface area contributed by atoms with Crippen molar-refractivity contribution in [1.29, 1.82) is 0 Å². The van der Waals surface area contributed by atoms with Crippen LogP contribution in [-0.4, -0.2) is 34.5 Å². The van der Waals surface area contributed by atoms with Crippen molar-refractivity contribution >= 4 is 11.9 Å². The van der Waals surface area contributed by atoms with Crippen LogP contribution in [0, 0.1) is 0 Å². The molecule has 0 aromatic rings. The van der Waals surface area contributed by atoms with Gasteiger partial charge in [0.05, 0.1) is 0 Å². The van der Waals surface area contributed by atoms with Gasteiger partial charge in [0, 0.05) is 13.0 Å². The van der Waals surface area contributed by atoms with E-state index >= 15 is 0 Å². The van der Waals surface area contributed by atoms with Crippen LogP contribution in [0.3, 0.4) is 0 Å². The van der Waals surface area contributed by atoms with E-state index in [0.29, 0.717) is 13.0 Å². The number of hydrogen-bond acceptors (Lipinski definition) is 2. The average molecular weight is 229 g/mol. The Morgan fingerprint density at radius 2 is 1.81 bits per heavy atom. The molecule has 0 aliphatic rings. The first-order chi connectivity index (χ1) is 7.54. The summed E-state index contributed by atoms with van der Waals surface area (Å²) in [6.07, 6.45) is 4.63. The number of carboxylic acid groups (broad SMARTS) is 1. The van der Waals surface area contributed by atoms with E-state index in [9.17, 15) is 9.59 Å². The Kier molecular flexibility index (Phi) is 7.60. The second-order valence-electron chi connectivity index (χ2n) is 4.00. The molecule has 1 amide bonds. The molecule has 4 heteroatoms. The highest BCUT2D eigenvalue weighted by Gasteiger charge is 2.23. The number of amides is 1. The minimum atomic E-state index is -0.941. The zero-order chi connectivity index (χ0) is 12.6. The molecule has 1 N–H and O–H groups in total. The second kappa shape index (κ2) is 8.13. The zero-order valence-corrected chi connectivity index (χ0v) is 10.5. The highest BCUT2D eigenvalue weighted by molar-refractivity contribution is 5.83. The molecule has 0 heterocycles. The maximum atomic E-state index is 11.7. The minimum absolute atomic E-state index is 0.0477. The fourth-order valence-electron chi connectivity index (χ4n) is 1.65. The molecule has 0 saturated heterocycles. The summed E-state index contributed by atoms with van der Waals surface area (Å²) in [4.78, 5) is 24.0. The molecule has 0 aliphatic heterocycles. The number of rotatable bonds is 8. The summed E-state index contributed by atoms with van der Waals surface area (Å²) in [5, 5.41) is 8.85. The van der Waals surface area contributed by atoms with Gasteiger partial charge in [-0.25, -0.2) is 4.79 Å². The molecule has 0 fully saturated rings. The van der Waals surface area contributed by atoms with Gasteiger partial charge in [0.25, 0.3) is 0 Å². The van der Waals surface area contributed by atoms with Crippen LogP contribution < -0.4 is 0 Å². The number of nitrogens with zero attached hydrogens (tertiary/aromatic N) is 1. The largest absolute Gasteiger partial charge is 0.480 e. The minimum Gasteiger partial charge on any atom is -0.480 e. The third-order valence-electron chi connectivity index (χ3n) is 2.73. The molecule has 16 heavy (non-hydrogen) atoms. The molecular weight excluding hydrogens is 206 g/mol. The Bertz CT molecular complexity index is 228. The van der Waals surface area contributed by atoms with Gasteiger partial charge < -0.3 is 10.0 Å². The van der Waals surface area contributed by atoms with Crippen LogP contribution in [0.2, 0.25) is 0 Å². The van der Waals surface area contributed by atoms with Crippen molar-refractivity contribution in [2.45, 2.75) is 58.9 Å². The third-order valence-corrected chi connectivity index (χ3v) is 2.73. The normalized spacial score (nSPS) is 12.2. The lowest BCUT2D eigenvalue weighted by atomic mass is 10.1. The maximum Gasteiger partial charge on any atom is 0.326 e. The summed E-state index contributed by atoms with van der Waals surface area (Å²) in [7, 11) is 0. The average Bonchev–Trinajstić information content (AvgIpc) is 2.25. The summed E-state index contributed by atoms with van der Waals surface area (Å²) in [5.41, 5.74) is 0. The third kappa shape index (κ3) is 5.14. The van der Waals surface area contributed by atoms with E-state index in [1.54, 1.807) is 6.92 Å². The topological polar surface area (TPSA) is 57.6 Å². The van der Waals surface area contributed by atoms with Gasteiger partial charge in [0.15, 0.2) is 0 Å². The molecule has 0 saturated carbocycles. The van der Waals surface area contributed by atoms with Crippen LogP contribution in [0.25, 0.3) is 0 Å².